The molecule has 0 radical (unpaired) electrons. The van der Waals surface area contributed by atoms with Crippen LogP contribution in [0.1, 0.15) is 16.7 Å². The quantitative estimate of drug-likeness (QED) is 0.343. The number of thiophene rings is 1. The van der Waals surface area contributed by atoms with Crippen molar-refractivity contribution < 1.29 is 19.8 Å². The summed E-state index contributed by atoms with van der Waals surface area (Å²) in [6, 6.07) is 21.6. The third-order valence-corrected chi connectivity index (χ3v) is 7.62. The fourth-order valence-corrected chi connectivity index (χ4v) is 5.59. The Bertz CT molecular complexity index is 1340. The minimum Gasteiger partial charge on any atom is -0.382 e. The monoisotopic (exact) mass is 498 g/mol. The number of hydrogen-bond donors (Lipinski definition) is 3. The number of Topliss-reactive ketones (excluding diaryl/α,β-unsaturated/α-hetero) is 1. The molecule has 7 heteroatoms. The minimum absolute atomic E-state index is 0.174. The van der Waals surface area contributed by atoms with E-state index in [1.54, 1.807) is 23.7 Å². The number of aliphatic hydroxyl groups is 2. The number of benzene rings is 2. The average Bonchev–Trinajstić information content (AvgIpc) is 3.59. The molecule has 0 fully saturated rings. The van der Waals surface area contributed by atoms with Crippen molar-refractivity contribution in [2.75, 3.05) is 0 Å². The van der Waals surface area contributed by atoms with E-state index < -0.39 is 29.8 Å². The van der Waals surface area contributed by atoms with E-state index in [0.717, 1.165) is 38.3 Å². The van der Waals surface area contributed by atoms with E-state index in [9.17, 15) is 19.8 Å². The fourth-order valence-electron chi connectivity index (χ4n) is 4.66. The zero-order valence-electron chi connectivity index (χ0n) is 19.5. The molecule has 2 atom stereocenters. The van der Waals surface area contributed by atoms with Crippen molar-refractivity contribution in [3.05, 3.63) is 101 Å². The lowest BCUT2D eigenvalue weighted by Gasteiger charge is -2.19. The van der Waals surface area contributed by atoms with Gasteiger partial charge in [-0.25, -0.2) is 0 Å². The number of rotatable bonds is 8. The molecular weight excluding hydrogens is 472 g/mol. The summed E-state index contributed by atoms with van der Waals surface area (Å²) in [5.74, 6) is -1.70. The summed E-state index contributed by atoms with van der Waals surface area (Å²) in [5, 5.41) is 25.4. The number of hydrogen-bond acceptors (Lipinski definition) is 6. The number of nitrogens with zero attached hydrogens (tertiary/aromatic N) is 1. The van der Waals surface area contributed by atoms with E-state index >= 15 is 0 Å². The predicted octanol–water partition coefficient (Wildman–Crippen LogP) is 3.80. The van der Waals surface area contributed by atoms with Gasteiger partial charge in [0.1, 0.15) is 6.10 Å². The molecule has 1 amide bonds. The molecular formula is C29H26N2O4S. The molecule has 0 bridgehead atoms. The zero-order chi connectivity index (χ0) is 25.1. The second-order valence-corrected chi connectivity index (χ2v) is 9.90. The van der Waals surface area contributed by atoms with Crippen LogP contribution in [0.3, 0.4) is 0 Å². The first kappa shape index (κ1) is 24.1. The Labute approximate surface area is 213 Å². The highest BCUT2D eigenvalue weighted by molar-refractivity contribution is 7.14. The van der Waals surface area contributed by atoms with Crippen molar-refractivity contribution in [3.8, 4) is 21.6 Å². The second kappa shape index (κ2) is 10.5. The van der Waals surface area contributed by atoms with Gasteiger partial charge < -0.3 is 15.5 Å². The average molecular weight is 499 g/mol. The second-order valence-electron chi connectivity index (χ2n) is 8.98. The lowest BCUT2D eigenvalue weighted by atomic mass is 9.94. The Morgan fingerprint density at radius 2 is 1.56 bits per heavy atom. The Balaban J connectivity index is 1.17. The maximum Gasteiger partial charge on any atom is 0.252 e. The van der Waals surface area contributed by atoms with Crippen molar-refractivity contribution in [2.45, 2.75) is 31.6 Å². The van der Waals surface area contributed by atoms with Crippen LogP contribution in [-0.2, 0) is 29.0 Å². The van der Waals surface area contributed by atoms with E-state index in [4.69, 9.17) is 0 Å². The first-order valence-corrected chi connectivity index (χ1v) is 12.7. The van der Waals surface area contributed by atoms with Crippen LogP contribution in [0.15, 0.2) is 84.5 Å². The number of ketones is 1. The predicted molar refractivity (Wildman–Crippen MR) is 139 cm³/mol. The lowest BCUT2D eigenvalue weighted by molar-refractivity contribution is -0.147. The summed E-state index contributed by atoms with van der Waals surface area (Å²) in [7, 11) is 0. The van der Waals surface area contributed by atoms with Gasteiger partial charge in [0.25, 0.3) is 5.91 Å². The smallest absolute Gasteiger partial charge is 0.252 e. The van der Waals surface area contributed by atoms with Crippen LogP contribution >= 0.6 is 11.3 Å². The van der Waals surface area contributed by atoms with Gasteiger partial charge in [0.05, 0.1) is 0 Å². The SMILES string of the molecule is O=C(NCc1ccc(-c2sccc2-c2ccncc2)cc1)[C@H](O)[C@@H](O)C(=O)C1Cc2ccccc2C1. The Hall–Kier alpha value is -3.65. The van der Waals surface area contributed by atoms with Gasteiger partial charge in [-0.2, -0.15) is 0 Å². The van der Waals surface area contributed by atoms with Gasteiger partial charge >= 0.3 is 0 Å². The van der Waals surface area contributed by atoms with Crippen molar-refractivity contribution in [2.24, 2.45) is 5.92 Å². The first-order chi connectivity index (χ1) is 17.5. The number of carbonyl (C=O) groups is 2. The molecule has 0 unspecified atom stereocenters. The molecule has 0 aliphatic heterocycles. The van der Waals surface area contributed by atoms with Crippen LogP contribution in [0, 0.1) is 5.92 Å². The molecule has 0 spiro atoms. The van der Waals surface area contributed by atoms with Crippen LogP contribution < -0.4 is 5.32 Å². The van der Waals surface area contributed by atoms with Crippen molar-refractivity contribution >= 4 is 23.0 Å². The zero-order valence-corrected chi connectivity index (χ0v) is 20.3. The Kier molecular flexibility index (Phi) is 7.04. The highest BCUT2D eigenvalue weighted by Crippen LogP contribution is 2.36. The molecule has 4 aromatic rings. The fraction of sp³-hybridized carbons (Fsp3) is 0.207. The van der Waals surface area contributed by atoms with Gasteiger partial charge in [0, 0.05) is 35.3 Å². The molecule has 2 aromatic carbocycles. The van der Waals surface area contributed by atoms with Gasteiger partial charge in [-0.3, -0.25) is 14.6 Å². The molecule has 0 saturated carbocycles. The summed E-state index contributed by atoms with van der Waals surface area (Å²) in [6.45, 7) is 0.174. The highest BCUT2D eigenvalue weighted by atomic mass is 32.1. The van der Waals surface area contributed by atoms with Gasteiger partial charge in [0.15, 0.2) is 11.9 Å². The molecule has 2 aromatic heterocycles. The van der Waals surface area contributed by atoms with Crippen LogP contribution in [0.2, 0.25) is 0 Å². The molecule has 0 saturated heterocycles. The molecule has 36 heavy (non-hydrogen) atoms. The van der Waals surface area contributed by atoms with Gasteiger partial charge in [0.2, 0.25) is 0 Å². The van der Waals surface area contributed by atoms with Crippen LogP contribution in [-0.4, -0.2) is 39.1 Å². The van der Waals surface area contributed by atoms with E-state index in [0.29, 0.717) is 12.8 Å². The molecule has 6 nitrogen and oxygen atoms in total. The summed E-state index contributed by atoms with van der Waals surface area (Å²) in [4.78, 5) is 30.4. The summed E-state index contributed by atoms with van der Waals surface area (Å²) < 4.78 is 0. The summed E-state index contributed by atoms with van der Waals surface area (Å²) >= 11 is 1.65. The van der Waals surface area contributed by atoms with Crippen LogP contribution in [0.25, 0.3) is 21.6 Å². The number of pyridine rings is 1. The Morgan fingerprint density at radius 1 is 0.889 bits per heavy atom. The maximum absolute atomic E-state index is 12.7. The molecule has 182 valence electrons. The van der Waals surface area contributed by atoms with E-state index in [1.165, 1.54) is 0 Å². The van der Waals surface area contributed by atoms with Crippen molar-refractivity contribution in [1.29, 1.82) is 0 Å². The number of aromatic nitrogens is 1. The molecule has 1 aliphatic carbocycles. The van der Waals surface area contributed by atoms with Gasteiger partial charge in [-0.15, -0.1) is 11.3 Å². The number of fused-ring (bicyclic) bond motifs is 1. The summed E-state index contributed by atoms with van der Waals surface area (Å²) in [5.41, 5.74) is 6.28. The number of amides is 1. The highest BCUT2D eigenvalue weighted by Gasteiger charge is 2.37. The maximum atomic E-state index is 12.7. The van der Waals surface area contributed by atoms with E-state index in [2.05, 4.69) is 21.7 Å². The van der Waals surface area contributed by atoms with Crippen molar-refractivity contribution in [3.63, 3.8) is 0 Å². The van der Waals surface area contributed by atoms with Crippen molar-refractivity contribution in [1.82, 2.24) is 10.3 Å². The third kappa shape index (κ3) is 4.99. The topological polar surface area (TPSA) is 99.5 Å². The number of aliphatic hydroxyl groups excluding tert-OH is 2. The minimum atomic E-state index is -1.81. The van der Waals surface area contributed by atoms with Crippen LogP contribution in [0.4, 0.5) is 0 Å². The summed E-state index contributed by atoms with van der Waals surface area (Å²) in [6.07, 6.45) is 1.01. The van der Waals surface area contributed by atoms with E-state index in [1.807, 2.05) is 60.7 Å². The molecule has 1 aliphatic rings. The van der Waals surface area contributed by atoms with Gasteiger partial charge in [-0.05, 0) is 64.2 Å². The van der Waals surface area contributed by atoms with Gasteiger partial charge in [-0.1, -0.05) is 48.5 Å². The third-order valence-electron chi connectivity index (χ3n) is 6.65. The largest absolute Gasteiger partial charge is 0.382 e. The number of nitrogens with one attached hydrogen (secondary N) is 1. The number of carbonyl (C=O) groups excluding carboxylic acids is 2. The normalized spacial score (nSPS) is 14.7. The molecule has 5 rings (SSSR count). The molecule has 3 N–H and O–H groups in total. The molecule has 2 heterocycles. The Morgan fingerprint density at radius 3 is 2.22 bits per heavy atom. The first-order valence-electron chi connectivity index (χ1n) is 11.8. The lowest BCUT2D eigenvalue weighted by Crippen LogP contribution is -2.47. The van der Waals surface area contributed by atoms with E-state index in [-0.39, 0.29) is 6.54 Å². The van der Waals surface area contributed by atoms with Crippen LogP contribution in [0.5, 0.6) is 0 Å². The standard InChI is InChI=1S/C29H26N2O4S/c32-25(23-15-21-3-1-2-4-22(21)16-23)26(33)27(34)29(35)31-17-18-5-7-20(8-6-18)28-24(11-14-36-28)19-9-12-30-13-10-19/h1-14,23,26-27,33-34H,15-17H2,(H,31,35)/t26-,27+/m0/s1.